The highest BCUT2D eigenvalue weighted by atomic mass is 28.3. The summed E-state index contributed by atoms with van der Waals surface area (Å²) in [6.45, 7) is 29.0. The van der Waals surface area contributed by atoms with Crippen molar-refractivity contribution in [2.24, 2.45) is 0 Å². The van der Waals surface area contributed by atoms with E-state index in [-0.39, 0.29) is 63.6 Å². The van der Waals surface area contributed by atoms with Crippen LogP contribution in [0.15, 0.2) is 236 Å². The van der Waals surface area contributed by atoms with Crippen molar-refractivity contribution in [3.05, 3.63) is 264 Å². The van der Waals surface area contributed by atoms with Crippen molar-refractivity contribution in [3.8, 4) is 56.0 Å². The molecule has 0 amide bonds. The summed E-state index contributed by atoms with van der Waals surface area (Å²) in [5.74, 6) is 1.73. The van der Waals surface area contributed by atoms with Crippen LogP contribution < -0.4 is 40.2 Å². The second kappa shape index (κ2) is 21.2. The maximum atomic E-state index is 9.40. The topological polar surface area (TPSA) is 31.8 Å². The van der Waals surface area contributed by atoms with Crippen LogP contribution in [0.1, 0.15) is 125 Å². The summed E-state index contributed by atoms with van der Waals surface area (Å²) in [6.07, 6.45) is 1.64. The molecule has 0 atom stereocenters. The van der Waals surface area contributed by atoms with Gasteiger partial charge in [-0.25, -0.2) is 4.98 Å². The molecule has 0 radical (unpaired) electrons. The minimum Gasteiger partial charge on any atom is -0.457 e. The van der Waals surface area contributed by atoms with Gasteiger partial charge in [0.1, 0.15) is 24.0 Å². The average molecular weight is 1190 g/mol. The molecule has 1 spiro atoms. The molecule has 0 saturated carbocycles. The fraction of sp³-hybridized carbons (Fsp3) is 0.217. The van der Waals surface area contributed by atoms with Crippen LogP contribution >= 0.6 is 0 Å². The Bertz CT molecular complexity index is 5060. The van der Waals surface area contributed by atoms with Gasteiger partial charge in [-0.1, -0.05) is 259 Å². The number of hydrogen-bond acceptors (Lipinski definition) is 5. The molecule has 4 heterocycles. The molecule has 0 saturated heterocycles. The maximum Gasteiger partial charge on any atom is 0.185 e. The van der Waals surface area contributed by atoms with E-state index in [1.165, 1.54) is 37.8 Å². The number of fused-ring (bicyclic) bond motifs is 10. The van der Waals surface area contributed by atoms with E-state index >= 15 is 0 Å². The van der Waals surface area contributed by atoms with Crippen LogP contribution in [0.25, 0.3) is 44.5 Å². The number of ether oxygens (including phenoxy) is 1. The lowest BCUT2D eigenvalue weighted by molar-refractivity contribution is 0.483. The van der Waals surface area contributed by atoms with Gasteiger partial charge in [0.2, 0.25) is 0 Å². The molecule has 0 unspecified atom stereocenters. The molecule has 0 N–H and O–H groups in total. The fourth-order valence-electron chi connectivity index (χ4n) is 13.5. The molecular formula is C83H80N4OSi. The number of aryl methyl sites for hydroxylation is 1. The van der Waals surface area contributed by atoms with Crippen LogP contribution in [-0.2, 0) is 21.7 Å². The quantitative estimate of drug-likeness (QED) is 0.142. The Labute approximate surface area is 543 Å². The summed E-state index contributed by atoms with van der Waals surface area (Å²) in [6, 6.07) is 56.5. The van der Waals surface area contributed by atoms with Crippen LogP contribution in [0.5, 0.6) is 11.5 Å². The number of para-hydroxylation sites is 4. The third-order valence-electron chi connectivity index (χ3n) is 18.3. The number of pyridine rings is 1. The van der Waals surface area contributed by atoms with Crippen LogP contribution in [0.2, 0.25) is 0 Å². The second-order valence-corrected chi connectivity index (χ2v) is 31.9. The normalized spacial score (nSPS) is 15.7. The van der Waals surface area contributed by atoms with E-state index in [1.807, 2.05) is 55.5 Å². The van der Waals surface area contributed by atoms with Crippen molar-refractivity contribution in [3.63, 3.8) is 0 Å². The molecule has 0 fully saturated rings. The monoisotopic (exact) mass is 1190 g/mol. The molecule has 14 rings (SSSR count). The predicted molar refractivity (Wildman–Crippen MR) is 379 cm³/mol. The second-order valence-electron chi connectivity index (χ2n) is 28.2. The number of rotatable bonds is 8. The first-order valence-electron chi connectivity index (χ1n) is 35.9. The lowest BCUT2D eigenvalue weighted by atomic mass is 9.78. The Morgan fingerprint density at radius 2 is 0.910 bits per heavy atom. The predicted octanol–water partition coefficient (Wildman–Crippen LogP) is 19.8. The number of benzene rings is 10. The van der Waals surface area contributed by atoms with Crippen LogP contribution in [0.4, 0.5) is 39.9 Å². The van der Waals surface area contributed by atoms with E-state index in [2.05, 4.69) is 219 Å². The first kappa shape index (κ1) is 46.9. The number of hydrogen-bond donors (Lipinski definition) is 0. The molecule has 6 heteroatoms. The first-order valence-corrected chi connectivity index (χ1v) is 32.9. The summed E-state index contributed by atoms with van der Waals surface area (Å²) in [5, 5.41) is 4.92. The van der Waals surface area contributed by atoms with Gasteiger partial charge in [0.05, 0.1) is 36.5 Å². The van der Waals surface area contributed by atoms with Crippen LogP contribution in [0.3, 0.4) is 0 Å². The lowest BCUT2D eigenvalue weighted by Crippen LogP contribution is -2.75. The van der Waals surface area contributed by atoms with Crippen molar-refractivity contribution in [1.82, 2.24) is 4.98 Å². The molecule has 89 heavy (non-hydrogen) atoms. The zero-order chi connectivity index (χ0) is 70.6. The summed E-state index contributed by atoms with van der Waals surface area (Å²) in [4.78, 5) is 11.8. The largest absolute Gasteiger partial charge is 0.457 e. The number of nitrogens with zero attached hydrogens (tertiary/aromatic N) is 4. The highest BCUT2D eigenvalue weighted by Gasteiger charge is 2.55. The molecule has 5 nitrogen and oxygen atoms in total. The minimum atomic E-state index is -3.24. The molecule has 1 aromatic heterocycles. The Hall–Kier alpha value is -9.23. The number of anilines is 7. The molecular weight excluding hydrogens is 1100 g/mol. The van der Waals surface area contributed by atoms with E-state index in [9.17, 15) is 2.74 Å². The molecule has 3 aliphatic heterocycles. The molecule has 11 aromatic rings. The molecule has 0 bridgehead atoms. The lowest BCUT2D eigenvalue weighted by Gasteiger charge is -2.43. The van der Waals surface area contributed by atoms with Gasteiger partial charge in [0.25, 0.3) is 0 Å². The van der Waals surface area contributed by atoms with Crippen molar-refractivity contribution < 1.29 is 18.4 Å². The van der Waals surface area contributed by atoms with Gasteiger partial charge >= 0.3 is 0 Å². The average Bonchev–Trinajstić information content (AvgIpc) is 1.56. The first-order chi connectivity index (χ1) is 46.7. The zero-order valence-corrected chi connectivity index (χ0v) is 54.1. The maximum absolute atomic E-state index is 9.40. The van der Waals surface area contributed by atoms with E-state index in [4.69, 9.17) is 20.7 Å². The zero-order valence-electron chi connectivity index (χ0n) is 63.1. The standard InChI is InChI=1S/C83H80N4OSi/c1-54-44-78(84-52-69(54)56-28-18-15-19-29-56)87-72-36-22-23-37-76(72)89(74-41-38-58(80(2,3)4)48-67(74)68-49-59(81(5,6)7)39-42-75(68)89)77-43-40-64(51-73(77)87)88-63-31-24-30-62(50-63)85-53-86(71-35-21-20-34-70(71)85)79-65(55-26-16-14-17-27-55)32-25-33-66(79)57-45-60(82(8,9)10)47-61(46-57)83(11,12)13/h14-52H,53H2,1-13H3/i14D,15D,16D,17D,18D,19D,26D,27D,28D,29D. The van der Waals surface area contributed by atoms with E-state index in [1.54, 1.807) is 6.20 Å². The molecule has 10 aromatic carbocycles. The van der Waals surface area contributed by atoms with Gasteiger partial charge in [-0.15, -0.1) is 0 Å². The highest BCUT2D eigenvalue weighted by Crippen LogP contribution is 2.52. The summed E-state index contributed by atoms with van der Waals surface area (Å²) < 4.78 is 95.9. The Balaban J connectivity index is 0.931. The third-order valence-corrected chi connectivity index (χ3v) is 23.2. The van der Waals surface area contributed by atoms with Gasteiger partial charge in [-0.3, -0.25) is 4.90 Å². The van der Waals surface area contributed by atoms with Gasteiger partial charge in [-0.05, 0) is 147 Å². The summed E-state index contributed by atoms with van der Waals surface area (Å²) in [7, 11) is -3.24. The third kappa shape index (κ3) is 9.88. The van der Waals surface area contributed by atoms with E-state index < -0.39 is 44.3 Å². The van der Waals surface area contributed by atoms with E-state index in [0.29, 0.717) is 39.7 Å². The highest BCUT2D eigenvalue weighted by molar-refractivity contribution is 7.23. The number of aromatic nitrogens is 1. The Morgan fingerprint density at radius 3 is 1.49 bits per heavy atom. The van der Waals surface area contributed by atoms with Crippen molar-refractivity contribution in [2.45, 2.75) is 112 Å². The smallest absolute Gasteiger partial charge is 0.185 e. The summed E-state index contributed by atoms with van der Waals surface area (Å²) in [5.41, 5.74) is 15.3. The molecule has 442 valence electrons. The van der Waals surface area contributed by atoms with E-state index in [0.717, 1.165) is 55.9 Å². The SMILES string of the molecule is [2H]c1c([2H])c([2H])c(-c2cnc(N3c4ccccc4[Si]4(c5ccc(C(C)(C)C)cc5-c5cc(C(C)(C)C)ccc54)c4ccc(Oc5cccc(N6CN(c7c(-c8cc(C(C)(C)C)cc(C(C)(C)C)c8)cccc7-c7c([2H])c([2H])c([2H])c([2H])c7[2H])c7ccccc76)c5)cc43)cc2C)c([2H])c1[2H]. The van der Waals surface area contributed by atoms with Crippen LogP contribution in [0, 0.1) is 6.92 Å². The van der Waals surface area contributed by atoms with Crippen molar-refractivity contribution in [2.75, 3.05) is 21.4 Å². The Morgan fingerprint density at radius 1 is 0.404 bits per heavy atom. The van der Waals surface area contributed by atoms with Gasteiger partial charge < -0.3 is 14.5 Å². The molecule has 0 aliphatic carbocycles. The van der Waals surface area contributed by atoms with Gasteiger partial charge in [0.15, 0.2) is 8.07 Å². The van der Waals surface area contributed by atoms with Gasteiger partial charge in [-0.2, -0.15) is 0 Å². The van der Waals surface area contributed by atoms with Gasteiger partial charge in [0, 0.05) is 46.4 Å². The Kier molecular flexibility index (Phi) is 11.2. The van der Waals surface area contributed by atoms with Crippen LogP contribution in [-0.4, -0.2) is 19.7 Å². The fourth-order valence-corrected chi connectivity index (χ4v) is 19.0. The summed E-state index contributed by atoms with van der Waals surface area (Å²) >= 11 is 0. The molecule has 3 aliphatic rings. The van der Waals surface area contributed by atoms with Crippen molar-refractivity contribution >= 4 is 68.8 Å². The minimum absolute atomic E-state index is 0.0920. The van der Waals surface area contributed by atoms with Crippen molar-refractivity contribution in [1.29, 1.82) is 0 Å².